The van der Waals surface area contributed by atoms with Crippen molar-refractivity contribution in [2.75, 3.05) is 39.2 Å². The number of methoxy groups -OCH3 is 2. The first-order valence-electron chi connectivity index (χ1n) is 6.20. The molecule has 0 aliphatic carbocycles. The standard InChI is InChI=1S/C13H17N3O4/c1-19-9-3-4-10(11(7-9)20-2)15-8-12(17)16-6-5-14-13(16)18/h3-4,7,15H,5-6,8H2,1-2H3,(H,14,18). The number of ether oxygens (including phenoxy) is 2. The molecule has 2 rings (SSSR count). The lowest BCUT2D eigenvalue weighted by atomic mass is 10.2. The van der Waals surface area contributed by atoms with E-state index in [0.717, 1.165) is 0 Å². The normalized spacial score (nSPS) is 13.9. The summed E-state index contributed by atoms with van der Waals surface area (Å²) in [6.45, 7) is 0.922. The van der Waals surface area contributed by atoms with Crippen LogP contribution in [0.3, 0.4) is 0 Å². The zero-order chi connectivity index (χ0) is 14.5. The van der Waals surface area contributed by atoms with Crippen molar-refractivity contribution in [1.29, 1.82) is 0 Å². The molecule has 0 spiro atoms. The number of rotatable bonds is 5. The molecule has 0 unspecified atom stereocenters. The number of urea groups is 1. The summed E-state index contributed by atoms with van der Waals surface area (Å²) in [5.74, 6) is 0.957. The van der Waals surface area contributed by atoms with Crippen LogP contribution in [0.5, 0.6) is 11.5 Å². The van der Waals surface area contributed by atoms with Crippen LogP contribution < -0.4 is 20.1 Å². The van der Waals surface area contributed by atoms with Gasteiger partial charge in [-0.15, -0.1) is 0 Å². The number of hydrogen-bond acceptors (Lipinski definition) is 5. The predicted octanol–water partition coefficient (Wildman–Crippen LogP) is 0.667. The second-order valence-electron chi connectivity index (χ2n) is 4.20. The van der Waals surface area contributed by atoms with Gasteiger partial charge < -0.3 is 20.1 Å². The highest BCUT2D eigenvalue weighted by atomic mass is 16.5. The number of carbonyl (C=O) groups excluding carboxylic acids is 2. The van der Waals surface area contributed by atoms with Crippen LogP contribution in [-0.4, -0.2) is 50.7 Å². The molecular weight excluding hydrogens is 262 g/mol. The maximum absolute atomic E-state index is 11.9. The molecule has 1 aromatic rings. The molecular formula is C13H17N3O4. The van der Waals surface area contributed by atoms with Gasteiger partial charge in [-0.25, -0.2) is 4.79 Å². The largest absolute Gasteiger partial charge is 0.497 e. The fourth-order valence-corrected chi connectivity index (χ4v) is 1.92. The Hall–Kier alpha value is -2.44. The molecule has 0 aromatic heterocycles. The van der Waals surface area contributed by atoms with Crippen LogP contribution in [0.1, 0.15) is 0 Å². The molecule has 1 heterocycles. The fourth-order valence-electron chi connectivity index (χ4n) is 1.92. The van der Waals surface area contributed by atoms with Gasteiger partial charge >= 0.3 is 6.03 Å². The lowest BCUT2D eigenvalue weighted by molar-refractivity contribution is -0.125. The van der Waals surface area contributed by atoms with Gasteiger partial charge in [0, 0.05) is 19.2 Å². The smallest absolute Gasteiger partial charge is 0.324 e. The van der Waals surface area contributed by atoms with Gasteiger partial charge in [0.05, 0.1) is 26.5 Å². The highest BCUT2D eigenvalue weighted by Crippen LogP contribution is 2.28. The second-order valence-corrected chi connectivity index (χ2v) is 4.20. The fraction of sp³-hybridized carbons (Fsp3) is 0.385. The maximum Gasteiger partial charge on any atom is 0.324 e. The zero-order valence-electron chi connectivity index (χ0n) is 11.4. The minimum absolute atomic E-state index is 0.0239. The van der Waals surface area contributed by atoms with E-state index in [1.165, 1.54) is 12.0 Å². The van der Waals surface area contributed by atoms with E-state index >= 15 is 0 Å². The highest BCUT2D eigenvalue weighted by Gasteiger charge is 2.25. The van der Waals surface area contributed by atoms with Crippen LogP contribution in [0.2, 0.25) is 0 Å². The Morgan fingerprint density at radius 2 is 2.20 bits per heavy atom. The lowest BCUT2D eigenvalue weighted by Crippen LogP contribution is -2.38. The summed E-state index contributed by atoms with van der Waals surface area (Å²) in [6, 6.07) is 4.89. The van der Waals surface area contributed by atoms with Crippen LogP contribution in [0.15, 0.2) is 18.2 Å². The minimum Gasteiger partial charge on any atom is -0.497 e. The number of nitrogens with zero attached hydrogens (tertiary/aromatic N) is 1. The van der Waals surface area contributed by atoms with Crippen molar-refractivity contribution in [2.45, 2.75) is 0 Å². The third kappa shape index (κ3) is 2.93. The minimum atomic E-state index is -0.349. The third-order valence-corrected chi connectivity index (χ3v) is 3.00. The van der Waals surface area contributed by atoms with Gasteiger partial charge in [0.25, 0.3) is 0 Å². The average molecular weight is 279 g/mol. The maximum atomic E-state index is 11.9. The highest BCUT2D eigenvalue weighted by molar-refractivity contribution is 5.97. The Balaban J connectivity index is 2.00. The van der Waals surface area contributed by atoms with Crippen LogP contribution in [-0.2, 0) is 4.79 Å². The van der Waals surface area contributed by atoms with Crippen molar-refractivity contribution in [3.63, 3.8) is 0 Å². The first-order chi connectivity index (χ1) is 9.65. The lowest BCUT2D eigenvalue weighted by Gasteiger charge is -2.15. The predicted molar refractivity (Wildman–Crippen MR) is 73.1 cm³/mol. The van der Waals surface area contributed by atoms with E-state index in [2.05, 4.69) is 10.6 Å². The van der Waals surface area contributed by atoms with Crippen molar-refractivity contribution in [3.05, 3.63) is 18.2 Å². The summed E-state index contributed by atoms with van der Waals surface area (Å²) in [5, 5.41) is 5.54. The molecule has 1 fully saturated rings. The van der Waals surface area contributed by atoms with Crippen molar-refractivity contribution in [3.8, 4) is 11.5 Å². The van der Waals surface area contributed by atoms with Gasteiger partial charge in [0.1, 0.15) is 11.5 Å². The Morgan fingerprint density at radius 1 is 1.40 bits per heavy atom. The molecule has 2 N–H and O–H groups in total. The molecule has 0 bridgehead atoms. The van der Waals surface area contributed by atoms with Gasteiger partial charge in [-0.2, -0.15) is 0 Å². The van der Waals surface area contributed by atoms with Gasteiger partial charge in [0.15, 0.2) is 0 Å². The summed E-state index contributed by atoms with van der Waals surface area (Å²) in [5.41, 5.74) is 0.668. The molecule has 1 aromatic carbocycles. The Morgan fingerprint density at radius 3 is 2.80 bits per heavy atom. The second kappa shape index (κ2) is 6.14. The van der Waals surface area contributed by atoms with E-state index in [4.69, 9.17) is 9.47 Å². The Labute approximate surface area is 116 Å². The number of benzene rings is 1. The summed E-state index contributed by atoms with van der Waals surface area (Å²) < 4.78 is 10.3. The summed E-state index contributed by atoms with van der Waals surface area (Å²) in [7, 11) is 3.10. The number of carbonyl (C=O) groups is 2. The van der Waals surface area contributed by atoms with E-state index in [-0.39, 0.29) is 18.5 Å². The van der Waals surface area contributed by atoms with Crippen molar-refractivity contribution in [1.82, 2.24) is 10.2 Å². The molecule has 20 heavy (non-hydrogen) atoms. The van der Waals surface area contributed by atoms with E-state index in [1.54, 1.807) is 25.3 Å². The van der Waals surface area contributed by atoms with E-state index in [0.29, 0.717) is 30.3 Å². The first kappa shape index (κ1) is 14.0. The average Bonchev–Trinajstić information content (AvgIpc) is 2.90. The van der Waals surface area contributed by atoms with E-state index in [1.807, 2.05) is 0 Å². The molecule has 7 nitrogen and oxygen atoms in total. The monoisotopic (exact) mass is 279 g/mol. The molecule has 1 saturated heterocycles. The molecule has 1 aliphatic rings. The summed E-state index contributed by atoms with van der Waals surface area (Å²) in [4.78, 5) is 24.4. The molecule has 1 aliphatic heterocycles. The summed E-state index contributed by atoms with van der Waals surface area (Å²) in [6.07, 6.45) is 0. The van der Waals surface area contributed by atoms with Crippen molar-refractivity contribution >= 4 is 17.6 Å². The molecule has 7 heteroatoms. The van der Waals surface area contributed by atoms with Crippen LogP contribution in [0.25, 0.3) is 0 Å². The van der Waals surface area contributed by atoms with Crippen LogP contribution in [0, 0.1) is 0 Å². The number of amides is 3. The van der Waals surface area contributed by atoms with Gasteiger partial charge in [-0.1, -0.05) is 0 Å². The summed E-state index contributed by atoms with van der Waals surface area (Å²) >= 11 is 0. The van der Waals surface area contributed by atoms with Crippen LogP contribution in [0.4, 0.5) is 10.5 Å². The number of imide groups is 1. The Kier molecular flexibility index (Phi) is 4.29. The van der Waals surface area contributed by atoms with Crippen LogP contribution >= 0.6 is 0 Å². The first-order valence-corrected chi connectivity index (χ1v) is 6.20. The third-order valence-electron chi connectivity index (χ3n) is 3.00. The van der Waals surface area contributed by atoms with E-state index < -0.39 is 0 Å². The van der Waals surface area contributed by atoms with Crippen molar-refractivity contribution in [2.24, 2.45) is 0 Å². The van der Waals surface area contributed by atoms with Gasteiger partial charge in [-0.05, 0) is 12.1 Å². The zero-order valence-corrected chi connectivity index (χ0v) is 11.4. The number of anilines is 1. The Bertz CT molecular complexity index is 518. The van der Waals surface area contributed by atoms with E-state index in [9.17, 15) is 9.59 Å². The number of nitrogens with one attached hydrogen (secondary N) is 2. The number of hydrogen-bond donors (Lipinski definition) is 2. The topological polar surface area (TPSA) is 79.9 Å². The van der Waals surface area contributed by atoms with Crippen molar-refractivity contribution < 1.29 is 19.1 Å². The quantitative estimate of drug-likeness (QED) is 0.828. The molecule has 0 radical (unpaired) electrons. The van der Waals surface area contributed by atoms with Gasteiger partial charge in [-0.3, -0.25) is 9.69 Å². The molecule has 0 saturated carbocycles. The molecule has 0 atom stereocenters. The molecule has 108 valence electrons. The van der Waals surface area contributed by atoms with Gasteiger partial charge in [0.2, 0.25) is 5.91 Å². The molecule has 3 amide bonds. The SMILES string of the molecule is COc1ccc(NCC(=O)N2CCNC2=O)c(OC)c1.